The van der Waals surface area contributed by atoms with Gasteiger partial charge in [0.2, 0.25) is 5.91 Å². The normalized spacial score (nSPS) is 9.73. The highest BCUT2D eigenvalue weighted by molar-refractivity contribution is 6.01. The summed E-state index contributed by atoms with van der Waals surface area (Å²) in [5.74, 6) is -2.78. The molecular weight excluding hydrogens is 203 g/mol. The van der Waals surface area contributed by atoms with Crippen LogP contribution in [-0.4, -0.2) is 23.5 Å². The molecule has 0 heterocycles. The van der Waals surface area contributed by atoms with E-state index < -0.39 is 17.7 Å². The molecule has 0 bridgehead atoms. The van der Waals surface area contributed by atoms with Gasteiger partial charge in [-0.3, -0.25) is 4.79 Å². The van der Waals surface area contributed by atoms with Gasteiger partial charge in [-0.15, -0.1) is 0 Å². The number of halogens is 1. The fraction of sp³-hybridized carbons (Fsp3) is 0.111. The molecule has 1 aromatic rings. The maximum Gasteiger partial charge on any atom is 0.337 e. The molecule has 0 atom stereocenters. The summed E-state index contributed by atoms with van der Waals surface area (Å²) < 4.78 is 13.2. The fourth-order valence-electron chi connectivity index (χ4n) is 1.02. The molecule has 0 saturated carbocycles. The molecule has 5 nitrogen and oxygen atoms in total. The Balaban J connectivity index is 3.13. The van der Waals surface area contributed by atoms with E-state index in [1.54, 1.807) is 0 Å². The van der Waals surface area contributed by atoms with Gasteiger partial charge >= 0.3 is 5.97 Å². The second-order valence-electron chi connectivity index (χ2n) is 2.72. The van der Waals surface area contributed by atoms with Crippen LogP contribution >= 0.6 is 0 Å². The lowest BCUT2D eigenvalue weighted by molar-refractivity contribution is -0.114. The molecule has 1 rings (SSSR count). The monoisotopic (exact) mass is 212 g/mol. The fourth-order valence-corrected chi connectivity index (χ4v) is 1.02. The molecule has 0 aromatic heterocycles. The number of hydrogen-bond acceptors (Lipinski definition) is 3. The average molecular weight is 212 g/mol. The van der Waals surface area contributed by atoms with Crippen molar-refractivity contribution in [2.24, 2.45) is 5.73 Å². The molecule has 0 aliphatic carbocycles. The van der Waals surface area contributed by atoms with Crippen molar-refractivity contribution in [3.8, 4) is 0 Å². The van der Waals surface area contributed by atoms with Crippen molar-refractivity contribution < 1.29 is 19.1 Å². The maximum atomic E-state index is 13.2. The van der Waals surface area contributed by atoms with E-state index in [1.165, 1.54) is 12.1 Å². The van der Waals surface area contributed by atoms with Crippen LogP contribution < -0.4 is 11.1 Å². The third-order valence-corrected chi connectivity index (χ3v) is 1.69. The molecular formula is C9H9FN2O3. The van der Waals surface area contributed by atoms with Crippen molar-refractivity contribution in [3.63, 3.8) is 0 Å². The molecule has 80 valence electrons. The Morgan fingerprint density at radius 2 is 2.13 bits per heavy atom. The van der Waals surface area contributed by atoms with Gasteiger partial charge in [0, 0.05) is 0 Å². The largest absolute Gasteiger partial charge is 0.478 e. The van der Waals surface area contributed by atoms with Crippen molar-refractivity contribution in [1.29, 1.82) is 0 Å². The van der Waals surface area contributed by atoms with Crippen LogP contribution in [0.3, 0.4) is 0 Å². The number of benzene rings is 1. The van der Waals surface area contributed by atoms with E-state index in [1.807, 2.05) is 0 Å². The van der Waals surface area contributed by atoms with Crippen LogP contribution in [-0.2, 0) is 4.79 Å². The molecule has 6 heteroatoms. The summed E-state index contributed by atoms with van der Waals surface area (Å²) >= 11 is 0. The third kappa shape index (κ3) is 2.50. The van der Waals surface area contributed by atoms with Crippen LogP contribution in [0.25, 0.3) is 0 Å². The molecule has 0 fully saturated rings. The number of aromatic carboxylic acids is 1. The number of amides is 1. The molecule has 0 aliphatic rings. The molecule has 0 aliphatic heterocycles. The topological polar surface area (TPSA) is 92.4 Å². The summed E-state index contributed by atoms with van der Waals surface area (Å²) in [7, 11) is 0. The van der Waals surface area contributed by atoms with Gasteiger partial charge in [0.05, 0.1) is 17.8 Å². The van der Waals surface area contributed by atoms with Crippen LogP contribution in [0.4, 0.5) is 10.1 Å². The number of nitrogens with two attached hydrogens (primary N) is 1. The SMILES string of the molecule is NCC(=O)Nc1c(F)cccc1C(=O)O. The average Bonchev–Trinajstić information content (AvgIpc) is 2.20. The van der Waals surface area contributed by atoms with E-state index in [0.29, 0.717) is 0 Å². The maximum absolute atomic E-state index is 13.2. The number of rotatable bonds is 3. The zero-order valence-corrected chi connectivity index (χ0v) is 7.66. The number of carbonyl (C=O) groups is 2. The minimum absolute atomic E-state index is 0.309. The second kappa shape index (κ2) is 4.52. The first-order valence-corrected chi connectivity index (χ1v) is 4.08. The first-order chi connectivity index (χ1) is 7.06. The van der Waals surface area contributed by atoms with Crippen molar-refractivity contribution in [2.45, 2.75) is 0 Å². The van der Waals surface area contributed by atoms with Crippen molar-refractivity contribution in [2.75, 3.05) is 11.9 Å². The van der Waals surface area contributed by atoms with Gasteiger partial charge in [-0.05, 0) is 12.1 Å². The Hall–Kier alpha value is -1.95. The lowest BCUT2D eigenvalue weighted by Gasteiger charge is -2.07. The Morgan fingerprint density at radius 1 is 1.47 bits per heavy atom. The molecule has 1 amide bonds. The van der Waals surface area contributed by atoms with Crippen LogP contribution in [0.2, 0.25) is 0 Å². The smallest absolute Gasteiger partial charge is 0.337 e. The predicted molar refractivity (Wildman–Crippen MR) is 51.0 cm³/mol. The second-order valence-corrected chi connectivity index (χ2v) is 2.72. The minimum atomic E-state index is -1.32. The molecule has 4 N–H and O–H groups in total. The predicted octanol–water partition coefficient (Wildman–Crippen LogP) is 0.421. The van der Waals surface area contributed by atoms with Crippen molar-refractivity contribution in [1.82, 2.24) is 0 Å². The highest BCUT2D eigenvalue weighted by Gasteiger charge is 2.15. The van der Waals surface area contributed by atoms with Crippen molar-refractivity contribution >= 4 is 17.6 Å². The lowest BCUT2D eigenvalue weighted by Crippen LogP contribution is -2.23. The molecule has 1 aromatic carbocycles. The highest BCUT2D eigenvalue weighted by Crippen LogP contribution is 2.19. The Bertz CT molecular complexity index is 406. The van der Waals surface area contributed by atoms with Crippen LogP contribution in [0.15, 0.2) is 18.2 Å². The zero-order valence-electron chi connectivity index (χ0n) is 7.66. The van der Waals surface area contributed by atoms with Gasteiger partial charge in [0.15, 0.2) is 0 Å². The van der Waals surface area contributed by atoms with E-state index in [9.17, 15) is 14.0 Å². The quantitative estimate of drug-likeness (QED) is 0.677. The Morgan fingerprint density at radius 3 is 2.67 bits per heavy atom. The highest BCUT2D eigenvalue weighted by atomic mass is 19.1. The summed E-state index contributed by atoms with van der Waals surface area (Å²) in [5.41, 5.74) is 4.35. The standard InChI is InChI=1S/C9H9FN2O3/c10-6-3-1-2-5(9(14)15)8(6)12-7(13)4-11/h1-3H,4,11H2,(H,12,13)(H,14,15). The molecule has 15 heavy (non-hydrogen) atoms. The van der Waals surface area contributed by atoms with Crippen LogP contribution in [0.5, 0.6) is 0 Å². The summed E-state index contributed by atoms with van der Waals surface area (Å²) in [6.07, 6.45) is 0. The van der Waals surface area contributed by atoms with E-state index in [-0.39, 0.29) is 17.8 Å². The van der Waals surface area contributed by atoms with E-state index >= 15 is 0 Å². The number of hydrogen-bond donors (Lipinski definition) is 3. The molecule has 0 radical (unpaired) electrons. The van der Waals surface area contributed by atoms with E-state index in [0.717, 1.165) is 6.07 Å². The molecule has 0 unspecified atom stereocenters. The number of anilines is 1. The third-order valence-electron chi connectivity index (χ3n) is 1.69. The Kier molecular flexibility index (Phi) is 3.35. The summed E-state index contributed by atoms with van der Waals surface area (Å²) in [6.45, 7) is -0.340. The van der Waals surface area contributed by atoms with Crippen LogP contribution in [0, 0.1) is 5.82 Å². The van der Waals surface area contributed by atoms with Gasteiger partial charge in [-0.1, -0.05) is 6.07 Å². The summed E-state index contributed by atoms with van der Waals surface area (Å²) in [4.78, 5) is 21.6. The van der Waals surface area contributed by atoms with Gasteiger partial charge in [-0.25, -0.2) is 9.18 Å². The molecule has 0 spiro atoms. The number of carboxylic acid groups (broad SMARTS) is 1. The lowest BCUT2D eigenvalue weighted by atomic mass is 10.1. The summed E-state index contributed by atoms with van der Waals surface area (Å²) in [5, 5.41) is 10.8. The van der Waals surface area contributed by atoms with E-state index in [2.05, 4.69) is 5.32 Å². The molecule has 0 saturated heterocycles. The number of nitrogens with one attached hydrogen (secondary N) is 1. The van der Waals surface area contributed by atoms with Crippen LogP contribution in [0.1, 0.15) is 10.4 Å². The van der Waals surface area contributed by atoms with E-state index in [4.69, 9.17) is 10.8 Å². The first-order valence-electron chi connectivity index (χ1n) is 4.08. The van der Waals surface area contributed by atoms with Crippen molar-refractivity contribution in [3.05, 3.63) is 29.6 Å². The zero-order chi connectivity index (χ0) is 11.4. The van der Waals surface area contributed by atoms with Gasteiger partial charge < -0.3 is 16.2 Å². The number of carboxylic acids is 1. The van der Waals surface area contributed by atoms with Gasteiger partial charge in [-0.2, -0.15) is 0 Å². The summed E-state index contributed by atoms with van der Waals surface area (Å²) in [6, 6.07) is 3.49. The Labute approximate surface area is 84.7 Å². The minimum Gasteiger partial charge on any atom is -0.478 e. The number of para-hydroxylation sites is 1. The van der Waals surface area contributed by atoms with Gasteiger partial charge in [0.25, 0.3) is 0 Å². The number of carbonyl (C=O) groups excluding carboxylic acids is 1. The first kappa shape index (κ1) is 11.1. The van der Waals surface area contributed by atoms with Gasteiger partial charge in [0.1, 0.15) is 5.82 Å².